The van der Waals surface area contributed by atoms with E-state index in [0.717, 1.165) is 12.2 Å². The number of ether oxygens (including phenoxy) is 2. The average Bonchev–Trinajstić information content (AvgIpc) is 2.45. The maximum atomic E-state index is 11.1. The molecule has 0 bridgehead atoms. The van der Waals surface area contributed by atoms with E-state index in [1.54, 1.807) is 21.1 Å². The largest absolute Gasteiger partial charge is 0.493 e. The third-order valence-corrected chi connectivity index (χ3v) is 3.23. The second kappa shape index (κ2) is 7.76. The molecule has 0 aliphatic rings. The monoisotopic (exact) mass is 295 g/mol. The first-order valence-corrected chi connectivity index (χ1v) is 7.08. The minimum Gasteiger partial charge on any atom is -0.493 e. The molecule has 1 aromatic rings. The van der Waals surface area contributed by atoms with E-state index in [1.807, 2.05) is 18.2 Å². The summed E-state index contributed by atoms with van der Waals surface area (Å²) in [4.78, 5) is 13.2. The summed E-state index contributed by atoms with van der Waals surface area (Å²) in [6.45, 7) is 7.19. The van der Waals surface area contributed by atoms with Crippen molar-refractivity contribution in [3.8, 4) is 11.5 Å². The number of hydrogen-bond donors (Lipinski definition) is 1. The van der Waals surface area contributed by atoms with E-state index < -0.39 is 11.9 Å². The van der Waals surface area contributed by atoms with Gasteiger partial charge in [0.05, 0.1) is 20.1 Å². The Morgan fingerprint density at radius 2 is 1.76 bits per heavy atom. The van der Waals surface area contributed by atoms with Crippen LogP contribution in [-0.2, 0) is 4.79 Å². The molecule has 0 fully saturated rings. The van der Waals surface area contributed by atoms with Crippen molar-refractivity contribution in [1.29, 1.82) is 0 Å². The fourth-order valence-electron chi connectivity index (χ4n) is 2.16. The van der Waals surface area contributed by atoms with Crippen molar-refractivity contribution < 1.29 is 19.4 Å². The van der Waals surface area contributed by atoms with Crippen molar-refractivity contribution >= 4 is 11.7 Å². The van der Waals surface area contributed by atoms with E-state index in [9.17, 15) is 4.79 Å². The molecule has 0 amide bonds. The Morgan fingerprint density at radius 1 is 1.14 bits per heavy atom. The van der Waals surface area contributed by atoms with Gasteiger partial charge in [0.1, 0.15) is 0 Å². The third kappa shape index (κ3) is 4.85. The van der Waals surface area contributed by atoms with Gasteiger partial charge in [0, 0.05) is 24.8 Å². The minimum absolute atomic E-state index is 0.430. The number of hydrogen-bond acceptors (Lipinski definition) is 4. The zero-order valence-corrected chi connectivity index (χ0v) is 13.4. The Hall–Kier alpha value is -1.91. The van der Waals surface area contributed by atoms with Gasteiger partial charge in [-0.2, -0.15) is 0 Å². The maximum Gasteiger partial charge on any atom is 0.308 e. The SMILES string of the molecule is COc1ccc(N(CC(C)C)CC(C)C(=O)O)cc1OC. The summed E-state index contributed by atoms with van der Waals surface area (Å²) < 4.78 is 10.6. The number of carboxylic acids is 1. The van der Waals surface area contributed by atoms with Crippen LogP contribution < -0.4 is 14.4 Å². The predicted octanol–water partition coefficient (Wildman–Crippen LogP) is 2.89. The van der Waals surface area contributed by atoms with E-state index in [4.69, 9.17) is 14.6 Å². The number of aliphatic carboxylic acids is 1. The number of rotatable bonds is 8. The molecule has 0 saturated carbocycles. The zero-order valence-electron chi connectivity index (χ0n) is 13.4. The molecule has 1 N–H and O–H groups in total. The van der Waals surface area contributed by atoms with E-state index in [0.29, 0.717) is 24.0 Å². The second-order valence-corrected chi connectivity index (χ2v) is 5.58. The molecule has 0 aromatic heterocycles. The van der Waals surface area contributed by atoms with E-state index in [-0.39, 0.29) is 0 Å². The van der Waals surface area contributed by atoms with Crippen molar-refractivity contribution in [2.75, 3.05) is 32.2 Å². The molecule has 0 spiro atoms. The van der Waals surface area contributed by atoms with Crippen LogP contribution in [-0.4, -0.2) is 38.4 Å². The number of carbonyl (C=O) groups is 1. The highest BCUT2D eigenvalue weighted by Gasteiger charge is 2.18. The van der Waals surface area contributed by atoms with Gasteiger partial charge in [0.25, 0.3) is 0 Å². The number of methoxy groups -OCH3 is 2. The molecule has 0 radical (unpaired) electrons. The lowest BCUT2D eigenvalue weighted by molar-refractivity contribution is -0.140. The van der Waals surface area contributed by atoms with Crippen LogP contribution in [0, 0.1) is 11.8 Å². The lowest BCUT2D eigenvalue weighted by Crippen LogP contribution is -2.34. The van der Waals surface area contributed by atoms with Crippen molar-refractivity contribution in [3.63, 3.8) is 0 Å². The topological polar surface area (TPSA) is 59.0 Å². The first kappa shape index (κ1) is 17.1. The fraction of sp³-hybridized carbons (Fsp3) is 0.562. The normalized spacial score (nSPS) is 12.1. The summed E-state index contributed by atoms with van der Waals surface area (Å²) in [6.07, 6.45) is 0. The molecule has 1 aromatic carbocycles. The average molecular weight is 295 g/mol. The molecule has 5 heteroatoms. The summed E-state index contributed by atoms with van der Waals surface area (Å²) in [7, 11) is 3.18. The van der Waals surface area contributed by atoms with Gasteiger partial charge in [-0.15, -0.1) is 0 Å². The quantitative estimate of drug-likeness (QED) is 0.799. The fourth-order valence-corrected chi connectivity index (χ4v) is 2.16. The number of carboxylic acid groups (broad SMARTS) is 1. The van der Waals surface area contributed by atoms with E-state index in [1.165, 1.54) is 0 Å². The Bertz CT molecular complexity index is 473. The molecular formula is C16H25NO4. The van der Waals surface area contributed by atoms with Crippen LogP contribution in [0.2, 0.25) is 0 Å². The summed E-state index contributed by atoms with van der Waals surface area (Å²) in [5.41, 5.74) is 0.939. The molecule has 0 aliphatic heterocycles. The van der Waals surface area contributed by atoms with Crippen molar-refractivity contribution in [1.82, 2.24) is 0 Å². The molecule has 1 rings (SSSR count). The van der Waals surface area contributed by atoms with Crippen LogP contribution in [0.15, 0.2) is 18.2 Å². The zero-order chi connectivity index (χ0) is 16.0. The lowest BCUT2D eigenvalue weighted by atomic mass is 10.1. The Balaban J connectivity index is 3.04. The molecule has 1 unspecified atom stereocenters. The predicted molar refractivity (Wildman–Crippen MR) is 83.4 cm³/mol. The van der Waals surface area contributed by atoms with Crippen LogP contribution in [0.3, 0.4) is 0 Å². The van der Waals surface area contributed by atoms with Crippen LogP contribution in [0.4, 0.5) is 5.69 Å². The minimum atomic E-state index is -0.788. The van der Waals surface area contributed by atoms with Crippen molar-refractivity contribution in [2.45, 2.75) is 20.8 Å². The molecule has 0 aliphatic carbocycles. The first-order chi connectivity index (χ1) is 9.88. The lowest BCUT2D eigenvalue weighted by Gasteiger charge is -2.29. The van der Waals surface area contributed by atoms with Gasteiger partial charge in [-0.1, -0.05) is 20.8 Å². The van der Waals surface area contributed by atoms with Crippen molar-refractivity contribution in [2.24, 2.45) is 11.8 Å². The van der Waals surface area contributed by atoms with Gasteiger partial charge in [0.2, 0.25) is 0 Å². The number of benzene rings is 1. The molecule has 118 valence electrons. The highest BCUT2D eigenvalue weighted by molar-refractivity contribution is 5.70. The van der Waals surface area contributed by atoms with Gasteiger partial charge in [-0.05, 0) is 18.1 Å². The maximum absolute atomic E-state index is 11.1. The highest BCUT2D eigenvalue weighted by atomic mass is 16.5. The van der Waals surface area contributed by atoms with Crippen LogP contribution in [0.25, 0.3) is 0 Å². The summed E-state index contributed by atoms with van der Waals surface area (Å²) >= 11 is 0. The van der Waals surface area contributed by atoms with Crippen LogP contribution in [0.5, 0.6) is 11.5 Å². The number of nitrogens with zero attached hydrogens (tertiary/aromatic N) is 1. The van der Waals surface area contributed by atoms with Gasteiger partial charge in [0.15, 0.2) is 11.5 Å². The smallest absolute Gasteiger partial charge is 0.308 e. The molecule has 5 nitrogen and oxygen atoms in total. The van der Waals surface area contributed by atoms with Gasteiger partial charge < -0.3 is 19.5 Å². The van der Waals surface area contributed by atoms with Gasteiger partial charge in [-0.3, -0.25) is 4.79 Å². The summed E-state index contributed by atoms with van der Waals surface area (Å²) in [5, 5.41) is 9.12. The summed E-state index contributed by atoms with van der Waals surface area (Å²) in [5.74, 6) is 0.518. The highest BCUT2D eigenvalue weighted by Crippen LogP contribution is 2.32. The Labute approximate surface area is 126 Å². The van der Waals surface area contributed by atoms with Gasteiger partial charge in [-0.25, -0.2) is 0 Å². The van der Waals surface area contributed by atoms with Crippen LogP contribution >= 0.6 is 0 Å². The third-order valence-electron chi connectivity index (χ3n) is 3.23. The van der Waals surface area contributed by atoms with Gasteiger partial charge >= 0.3 is 5.97 Å². The van der Waals surface area contributed by atoms with E-state index in [2.05, 4.69) is 18.7 Å². The standard InChI is InChI=1S/C16H25NO4/c1-11(2)9-17(10-12(3)16(18)19)13-6-7-14(20-4)15(8-13)21-5/h6-8,11-12H,9-10H2,1-5H3,(H,18,19). The van der Waals surface area contributed by atoms with Crippen LogP contribution in [0.1, 0.15) is 20.8 Å². The number of anilines is 1. The Kier molecular flexibility index (Phi) is 6.34. The molecule has 1 atom stereocenters. The van der Waals surface area contributed by atoms with Crippen molar-refractivity contribution in [3.05, 3.63) is 18.2 Å². The second-order valence-electron chi connectivity index (χ2n) is 5.58. The Morgan fingerprint density at radius 3 is 2.24 bits per heavy atom. The molecule has 0 heterocycles. The molecule has 0 saturated heterocycles. The van der Waals surface area contributed by atoms with E-state index >= 15 is 0 Å². The molecular weight excluding hydrogens is 270 g/mol. The summed E-state index contributed by atoms with van der Waals surface area (Å²) in [6, 6.07) is 5.65. The first-order valence-electron chi connectivity index (χ1n) is 7.08. The molecule has 21 heavy (non-hydrogen) atoms.